The highest BCUT2D eigenvalue weighted by molar-refractivity contribution is 5.98. The van der Waals surface area contributed by atoms with Crippen LogP contribution < -0.4 is 10.7 Å². The maximum Gasteiger partial charge on any atom is 0.410 e. The summed E-state index contributed by atoms with van der Waals surface area (Å²) in [6, 6.07) is 14.9. The molecule has 0 aromatic heterocycles. The van der Waals surface area contributed by atoms with Crippen molar-refractivity contribution in [3.63, 3.8) is 0 Å². The molecule has 0 fully saturated rings. The van der Waals surface area contributed by atoms with Gasteiger partial charge in [0.05, 0.1) is 18.4 Å². The average Bonchev–Trinajstić information content (AvgIpc) is 3.26. The molecular formula is C23H27F3N4O2. The van der Waals surface area contributed by atoms with Crippen LogP contribution in [-0.2, 0) is 6.42 Å². The highest BCUT2D eigenvalue weighted by Crippen LogP contribution is 2.25. The smallest absolute Gasteiger partial charge is 0.387 e. The van der Waals surface area contributed by atoms with Gasteiger partial charge in [-0.05, 0) is 36.2 Å². The highest BCUT2D eigenvalue weighted by Gasteiger charge is 2.42. The molecule has 3 rings (SSSR count). The van der Waals surface area contributed by atoms with Gasteiger partial charge >= 0.3 is 6.18 Å². The molecule has 0 saturated heterocycles. The topological polar surface area (TPSA) is 77.0 Å². The average molecular weight is 448 g/mol. The van der Waals surface area contributed by atoms with Crippen LogP contribution in [0.15, 0.2) is 59.7 Å². The van der Waals surface area contributed by atoms with E-state index in [1.54, 1.807) is 19.2 Å². The molecule has 3 N–H and O–H groups in total. The number of amides is 1. The molecule has 1 unspecified atom stereocenters. The van der Waals surface area contributed by atoms with Crippen molar-refractivity contribution >= 4 is 11.6 Å². The Bertz CT molecular complexity index is 917. The van der Waals surface area contributed by atoms with Crippen molar-refractivity contribution in [3.8, 4) is 0 Å². The van der Waals surface area contributed by atoms with Crippen LogP contribution in [0.1, 0.15) is 34.0 Å². The van der Waals surface area contributed by atoms with Gasteiger partial charge in [-0.15, -0.1) is 0 Å². The first-order chi connectivity index (χ1) is 15.2. The molecule has 1 amide bonds. The molecule has 6 nitrogen and oxygen atoms in total. The van der Waals surface area contributed by atoms with E-state index in [9.17, 15) is 23.1 Å². The van der Waals surface area contributed by atoms with Crippen LogP contribution in [0.4, 0.5) is 13.2 Å². The van der Waals surface area contributed by atoms with E-state index < -0.39 is 18.3 Å². The number of hydrazone groups is 1. The van der Waals surface area contributed by atoms with Crippen molar-refractivity contribution < 1.29 is 23.1 Å². The van der Waals surface area contributed by atoms with E-state index in [4.69, 9.17) is 0 Å². The fourth-order valence-electron chi connectivity index (χ4n) is 3.43. The van der Waals surface area contributed by atoms with E-state index in [0.29, 0.717) is 24.4 Å². The Hall–Kier alpha value is -2.91. The largest absolute Gasteiger partial charge is 0.410 e. The second-order valence-electron chi connectivity index (χ2n) is 7.84. The SMILES string of the molecule is CN(CC1=NNC(C(F)(F)F)C1)C(=O)c1ccc(CCNC[C@H](O)c2ccccc2)cc1. The summed E-state index contributed by atoms with van der Waals surface area (Å²) in [5, 5.41) is 17.1. The van der Waals surface area contributed by atoms with Gasteiger partial charge in [-0.3, -0.25) is 10.2 Å². The predicted molar refractivity (Wildman–Crippen MR) is 116 cm³/mol. The Morgan fingerprint density at radius 2 is 1.91 bits per heavy atom. The normalized spacial score (nSPS) is 16.9. The first-order valence-corrected chi connectivity index (χ1v) is 10.4. The maximum atomic E-state index is 12.7. The van der Waals surface area contributed by atoms with Gasteiger partial charge in [0.1, 0.15) is 6.04 Å². The van der Waals surface area contributed by atoms with E-state index in [-0.39, 0.29) is 18.9 Å². The molecule has 0 bridgehead atoms. The lowest BCUT2D eigenvalue weighted by Gasteiger charge is -2.18. The Morgan fingerprint density at radius 3 is 2.53 bits per heavy atom. The number of halogens is 3. The van der Waals surface area contributed by atoms with Crippen molar-refractivity contribution in [2.24, 2.45) is 5.10 Å². The van der Waals surface area contributed by atoms with E-state index in [1.165, 1.54) is 4.90 Å². The molecule has 32 heavy (non-hydrogen) atoms. The number of benzene rings is 2. The third-order valence-electron chi connectivity index (χ3n) is 5.29. The summed E-state index contributed by atoms with van der Waals surface area (Å²) >= 11 is 0. The lowest BCUT2D eigenvalue weighted by molar-refractivity contribution is -0.152. The van der Waals surface area contributed by atoms with Crippen LogP contribution in [0.2, 0.25) is 0 Å². The summed E-state index contributed by atoms with van der Waals surface area (Å²) in [6.45, 7) is 1.15. The number of hydrogen-bond donors (Lipinski definition) is 3. The molecule has 2 atom stereocenters. The monoisotopic (exact) mass is 448 g/mol. The third-order valence-corrected chi connectivity index (χ3v) is 5.29. The van der Waals surface area contributed by atoms with Crippen molar-refractivity contribution in [2.45, 2.75) is 31.2 Å². The molecule has 1 aliphatic rings. The number of carbonyl (C=O) groups excluding carboxylic acids is 1. The Balaban J connectivity index is 1.42. The van der Waals surface area contributed by atoms with Gasteiger partial charge in [0.25, 0.3) is 5.91 Å². The Kier molecular flexibility index (Phi) is 7.87. The second kappa shape index (κ2) is 10.6. The van der Waals surface area contributed by atoms with Gasteiger partial charge in [0.2, 0.25) is 0 Å². The molecule has 2 aromatic carbocycles. The van der Waals surface area contributed by atoms with Crippen LogP contribution in [0.5, 0.6) is 0 Å². The molecule has 0 aliphatic carbocycles. The van der Waals surface area contributed by atoms with E-state index in [1.807, 2.05) is 42.5 Å². The number of aliphatic hydroxyl groups excluding tert-OH is 1. The van der Waals surface area contributed by atoms with Crippen LogP contribution in [0, 0.1) is 0 Å². The molecule has 2 aromatic rings. The zero-order valence-electron chi connectivity index (χ0n) is 17.8. The number of alkyl halides is 3. The van der Waals surface area contributed by atoms with Crippen molar-refractivity contribution in [2.75, 3.05) is 26.7 Å². The summed E-state index contributed by atoms with van der Waals surface area (Å²) < 4.78 is 38.2. The van der Waals surface area contributed by atoms with Crippen LogP contribution in [-0.4, -0.2) is 60.5 Å². The number of rotatable bonds is 9. The zero-order valence-corrected chi connectivity index (χ0v) is 17.8. The minimum absolute atomic E-state index is 0.0355. The Labute approximate surface area is 185 Å². The molecular weight excluding hydrogens is 421 g/mol. The van der Waals surface area contributed by atoms with E-state index in [0.717, 1.165) is 17.5 Å². The van der Waals surface area contributed by atoms with Gasteiger partial charge in [0.15, 0.2) is 0 Å². The lowest BCUT2D eigenvalue weighted by Crippen LogP contribution is -2.37. The highest BCUT2D eigenvalue weighted by atomic mass is 19.4. The van der Waals surface area contributed by atoms with Crippen LogP contribution >= 0.6 is 0 Å². The first kappa shape index (κ1) is 23.7. The molecule has 1 aliphatic heterocycles. The number of aliphatic hydroxyl groups is 1. The van der Waals surface area contributed by atoms with Crippen LogP contribution in [0.3, 0.4) is 0 Å². The van der Waals surface area contributed by atoms with Crippen molar-refractivity contribution in [1.29, 1.82) is 0 Å². The van der Waals surface area contributed by atoms with Gasteiger partial charge in [-0.1, -0.05) is 42.5 Å². The van der Waals surface area contributed by atoms with E-state index in [2.05, 4.69) is 15.8 Å². The number of nitrogens with one attached hydrogen (secondary N) is 2. The Morgan fingerprint density at radius 1 is 1.22 bits per heavy atom. The van der Waals surface area contributed by atoms with Gasteiger partial charge in [0, 0.05) is 25.6 Å². The quantitative estimate of drug-likeness (QED) is 0.516. The predicted octanol–water partition coefficient (Wildman–Crippen LogP) is 2.90. The van der Waals surface area contributed by atoms with Gasteiger partial charge in [-0.25, -0.2) is 0 Å². The maximum absolute atomic E-state index is 12.7. The summed E-state index contributed by atoms with van der Waals surface area (Å²) in [5.41, 5.74) is 4.73. The molecule has 0 saturated carbocycles. The fraction of sp³-hybridized carbons (Fsp3) is 0.391. The third kappa shape index (κ3) is 6.54. The first-order valence-electron chi connectivity index (χ1n) is 10.4. The van der Waals surface area contributed by atoms with Crippen LogP contribution in [0.25, 0.3) is 0 Å². The fourth-order valence-corrected chi connectivity index (χ4v) is 3.43. The van der Waals surface area contributed by atoms with E-state index >= 15 is 0 Å². The summed E-state index contributed by atoms with van der Waals surface area (Å²) in [7, 11) is 1.54. The molecule has 9 heteroatoms. The molecule has 0 radical (unpaired) electrons. The molecule has 0 spiro atoms. The molecule has 1 heterocycles. The standard InChI is InChI=1S/C23H27F3N4O2/c1-30(15-19-13-21(29-28-19)23(24,25)26)22(32)18-9-7-16(8-10-18)11-12-27-14-20(31)17-5-3-2-4-6-17/h2-10,20-21,27,29,31H,11-15H2,1H3/t20-,21?/m0/s1. The minimum Gasteiger partial charge on any atom is -0.387 e. The number of carbonyl (C=O) groups is 1. The van der Waals surface area contributed by atoms with Gasteiger partial charge in [-0.2, -0.15) is 18.3 Å². The minimum atomic E-state index is -4.36. The van der Waals surface area contributed by atoms with Crippen molar-refractivity contribution in [3.05, 3.63) is 71.3 Å². The number of nitrogens with zero attached hydrogens (tertiary/aromatic N) is 2. The zero-order chi connectivity index (χ0) is 23.1. The second-order valence-corrected chi connectivity index (χ2v) is 7.84. The van der Waals surface area contributed by atoms with Gasteiger partial charge < -0.3 is 15.3 Å². The number of hydrogen-bond acceptors (Lipinski definition) is 5. The summed E-state index contributed by atoms with van der Waals surface area (Å²) in [6.07, 6.45) is -4.46. The summed E-state index contributed by atoms with van der Waals surface area (Å²) in [5.74, 6) is -0.279. The molecule has 172 valence electrons. The van der Waals surface area contributed by atoms with Crippen molar-refractivity contribution in [1.82, 2.24) is 15.6 Å². The summed E-state index contributed by atoms with van der Waals surface area (Å²) in [4.78, 5) is 13.9. The lowest BCUT2D eigenvalue weighted by atomic mass is 10.1.